The summed E-state index contributed by atoms with van der Waals surface area (Å²) in [5, 5.41) is 8.86. The van der Waals surface area contributed by atoms with E-state index in [1.807, 2.05) is 0 Å². The monoisotopic (exact) mass is 272 g/mol. The average molecular weight is 273 g/mol. The molecule has 90 valence electrons. The van der Waals surface area contributed by atoms with E-state index >= 15 is 0 Å². The van der Waals surface area contributed by atoms with Gasteiger partial charge in [-0.1, -0.05) is 0 Å². The number of carbonyl (C=O) groups is 1. The summed E-state index contributed by atoms with van der Waals surface area (Å²) in [5.41, 5.74) is 0.435. The zero-order chi connectivity index (χ0) is 12.8. The zero-order valence-electron chi connectivity index (χ0n) is 8.82. The van der Waals surface area contributed by atoms with Crippen LogP contribution in [0.1, 0.15) is 10.4 Å². The summed E-state index contributed by atoms with van der Waals surface area (Å²) in [6.45, 7) is 0. The Bertz CT molecular complexity index is 431. The molecular weight excluding hydrogens is 264 g/mol. The quantitative estimate of drug-likeness (QED) is 0.315. The normalized spacial score (nSPS) is 9.35. The van der Waals surface area contributed by atoms with Crippen molar-refractivity contribution in [1.82, 2.24) is 0 Å². The molecule has 0 aliphatic carbocycles. The summed E-state index contributed by atoms with van der Waals surface area (Å²) >= 11 is 0. The molecule has 0 saturated carbocycles. The molecule has 1 rings (SSSR count). The smallest absolute Gasteiger partial charge is 0.759 e. The minimum absolute atomic E-state index is 0. The van der Waals surface area contributed by atoms with E-state index in [-0.39, 0.29) is 28.8 Å². The maximum absolute atomic E-state index is 10.8. The summed E-state index contributed by atoms with van der Waals surface area (Å²) in [6.07, 6.45) is 0. The van der Waals surface area contributed by atoms with Crippen molar-refractivity contribution in [2.45, 2.75) is 0 Å². The van der Waals surface area contributed by atoms with Gasteiger partial charge in [-0.2, -0.15) is 0 Å². The topological polar surface area (TPSA) is 127 Å². The molecule has 7 nitrogen and oxygen atoms in total. The molecule has 0 fully saturated rings. The van der Waals surface area contributed by atoms with Crippen molar-refractivity contribution in [3.05, 3.63) is 29.8 Å². The molecule has 1 N–H and O–H groups in total. The number of esters is 1. The first-order valence-electron chi connectivity index (χ1n) is 3.78. The van der Waals surface area contributed by atoms with Crippen LogP contribution in [-0.2, 0) is 15.1 Å². The number of methoxy groups -OCH3 is 1. The molecular formula is C8H8MgO7S. The molecule has 17 heavy (non-hydrogen) atoms. The van der Waals surface area contributed by atoms with Gasteiger partial charge in [-0.25, -0.2) is 4.79 Å². The van der Waals surface area contributed by atoms with E-state index in [9.17, 15) is 4.79 Å². The van der Waals surface area contributed by atoms with Gasteiger partial charge in [-0.05, 0) is 24.3 Å². The van der Waals surface area contributed by atoms with Gasteiger partial charge in [0.05, 0.1) is 12.7 Å². The predicted octanol–water partition coefficient (Wildman–Crippen LogP) is -0.540. The largest absolute Gasteiger partial charge is 2.00 e. The van der Waals surface area contributed by atoms with E-state index in [1.54, 1.807) is 0 Å². The molecule has 0 aliphatic rings. The van der Waals surface area contributed by atoms with Crippen LogP contribution in [0.15, 0.2) is 24.3 Å². The van der Waals surface area contributed by atoms with Crippen molar-refractivity contribution in [2.24, 2.45) is 0 Å². The van der Waals surface area contributed by atoms with E-state index in [2.05, 4.69) is 4.74 Å². The first-order valence-corrected chi connectivity index (χ1v) is 5.11. The molecule has 0 radical (unpaired) electrons. The van der Waals surface area contributed by atoms with Gasteiger partial charge in [-0.15, -0.1) is 0 Å². The van der Waals surface area contributed by atoms with Crippen molar-refractivity contribution >= 4 is 39.4 Å². The number of hydrogen-bond acceptors (Lipinski definition) is 7. The molecule has 9 heteroatoms. The number of carbonyl (C=O) groups excluding carboxylic acids is 1. The number of aromatic hydroxyl groups is 1. The second-order valence-electron chi connectivity index (χ2n) is 2.45. The predicted molar refractivity (Wildman–Crippen MR) is 55.7 cm³/mol. The number of phenolic OH excluding ortho intramolecular Hbond substituents is 1. The van der Waals surface area contributed by atoms with Crippen LogP contribution in [0, 0.1) is 0 Å². The Morgan fingerprint density at radius 1 is 1.24 bits per heavy atom. The summed E-state index contributed by atoms with van der Waals surface area (Å²) in [6, 6.07) is 5.88. The van der Waals surface area contributed by atoms with Gasteiger partial charge in [0, 0.05) is 10.4 Å². The van der Waals surface area contributed by atoms with Crippen molar-refractivity contribution in [3.8, 4) is 5.75 Å². The van der Waals surface area contributed by atoms with E-state index < -0.39 is 16.4 Å². The Kier molecular flexibility index (Phi) is 8.97. The Morgan fingerprint density at radius 3 is 1.88 bits per heavy atom. The van der Waals surface area contributed by atoms with Crippen LogP contribution in [0.3, 0.4) is 0 Å². The Morgan fingerprint density at radius 2 is 1.59 bits per heavy atom. The van der Waals surface area contributed by atoms with Crippen LogP contribution >= 0.6 is 0 Å². The fourth-order valence-corrected chi connectivity index (χ4v) is 0.715. The van der Waals surface area contributed by atoms with Crippen molar-refractivity contribution in [2.75, 3.05) is 7.11 Å². The molecule has 1 aromatic carbocycles. The van der Waals surface area contributed by atoms with Gasteiger partial charge < -0.3 is 18.9 Å². The Labute approximate surface area is 114 Å². The van der Waals surface area contributed by atoms with Crippen molar-refractivity contribution < 1.29 is 32.2 Å². The third-order valence-corrected chi connectivity index (χ3v) is 1.29. The molecule has 0 atom stereocenters. The van der Waals surface area contributed by atoms with Crippen LogP contribution in [0.4, 0.5) is 0 Å². The maximum atomic E-state index is 10.8. The molecule has 0 bridgehead atoms. The average Bonchev–Trinajstić information content (AvgIpc) is 2.15. The van der Waals surface area contributed by atoms with Crippen molar-refractivity contribution in [3.63, 3.8) is 0 Å². The Balaban J connectivity index is 0. The van der Waals surface area contributed by atoms with Gasteiger partial charge in [0.1, 0.15) is 5.75 Å². The number of hydrogen-bond donors (Lipinski definition) is 1. The minimum Gasteiger partial charge on any atom is -0.759 e. The number of ether oxygens (including phenoxy) is 1. The van der Waals surface area contributed by atoms with Gasteiger partial charge in [0.25, 0.3) is 0 Å². The second-order valence-corrected chi connectivity index (χ2v) is 3.26. The van der Waals surface area contributed by atoms with E-state index in [4.69, 9.17) is 22.6 Å². The molecule has 0 aromatic heterocycles. The SMILES string of the molecule is COC(=O)c1ccc(O)cc1.O=S(=O)([O-])[O-].[Mg+2]. The first-order chi connectivity index (χ1) is 7.24. The van der Waals surface area contributed by atoms with Crippen LogP contribution in [0.5, 0.6) is 5.75 Å². The number of benzene rings is 1. The molecule has 0 aliphatic heterocycles. The molecule has 0 saturated heterocycles. The van der Waals surface area contributed by atoms with E-state index in [1.165, 1.54) is 31.4 Å². The summed E-state index contributed by atoms with van der Waals surface area (Å²) in [5.74, 6) is -0.261. The van der Waals surface area contributed by atoms with Crippen LogP contribution in [0.2, 0.25) is 0 Å². The Hall–Kier alpha value is -0.874. The van der Waals surface area contributed by atoms with Gasteiger partial charge in [-0.3, -0.25) is 8.42 Å². The molecule has 0 amide bonds. The number of phenols is 1. The molecule has 0 heterocycles. The van der Waals surface area contributed by atoms with Crippen molar-refractivity contribution in [1.29, 1.82) is 0 Å². The summed E-state index contributed by atoms with van der Waals surface area (Å²) in [7, 11) is -3.85. The molecule has 0 unspecified atom stereocenters. The van der Waals surface area contributed by atoms with E-state index in [0.29, 0.717) is 5.56 Å². The number of rotatable bonds is 1. The zero-order valence-corrected chi connectivity index (χ0v) is 11.1. The van der Waals surface area contributed by atoms with Gasteiger partial charge in [0.2, 0.25) is 0 Å². The second kappa shape index (κ2) is 8.25. The van der Waals surface area contributed by atoms with Crippen LogP contribution < -0.4 is 0 Å². The third kappa shape index (κ3) is 11.4. The summed E-state index contributed by atoms with van der Waals surface area (Å²) in [4.78, 5) is 10.8. The first kappa shape index (κ1) is 18.5. The van der Waals surface area contributed by atoms with E-state index in [0.717, 1.165) is 0 Å². The van der Waals surface area contributed by atoms with Gasteiger partial charge >= 0.3 is 29.0 Å². The standard InChI is InChI=1S/C8H8O3.Mg.H2O4S/c1-11-8(10)6-2-4-7(9)5-3-6;;1-5(2,3)4/h2-5,9H,1H3;;(H2,1,2,3,4)/q;+2;/p-2. The summed E-state index contributed by atoms with van der Waals surface area (Å²) < 4.78 is 38.5. The fraction of sp³-hybridized carbons (Fsp3) is 0.125. The van der Waals surface area contributed by atoms with Gasteiger partial charge in [0.15, 0.2) is 0 Å². The van der Waals surface area contributed by atoms with Crippen LogP contribution in [0.25, 0.3) is 0 Å². The van der Waals surface area contributed by atoms with Crippen LogP contribution in [-0.4, -0.2) is 58.8 Å². The molecule has 0 spiro atoms. The fourth-order valence-electron chi connectivity index (χ4n) is 0.715. The maximum Gasteiger partial charge on any atom is 2.00 e. The molecule has 1 aromatic rings. The third-order valence-electron chi connectivity index (χ3n) is 1.29. The minimum atomic E-state index is -5.17.